The van der Waals surface area contributed by atoms with Gasteiger partial charge in [0.25, 0.3) is 5.91 Å². The van der Waals surface area contributed by atoms with Crippen LogP contribution in [0.15, 0.2) is 41.8 Å². The maximum absolute atomic E-state index is 14.2. The van der Waals surface area contributed by atoms with Crippen LogP contribution in [0.5, 0.6) is 0 Å². The number of thiophene rings is 2. The van der Waals surface area contributed by atoms with Crippen molar-refractivity contribution in [3.05, 3.63) is 74.0 Å². The Kier molecular flexibility index (Phi) is 6.86. The van der Waals surface area contributed by atoms with Crippen molar-refractivity contribution in [1.29, 1.82) is 0 Å². The molecule has 3 heterocycles. The monoisotopic (exact) mass is 457 g/mol. The average molecular weight is 458 g/mol. The Balaban J connectivity index is 1.75. The van der Waals surface area contributed by atoms with Gasteiger partial charge in [-0.3, -0.25) is 9.69 Å². The summed E-state index contributed by atoms with van der Waals surface area (Å²) in [5, 5.41) is 5.93. The van der Waals surface area contributed by atoms with Gasteiger partial charge in [0, 0.05) is 36.6 Å². The number of rotatable bonds is 6. The summed E-state index contributed by atoms with van der Waals surface area (Å²) in [7, 11) is 0. The lowest BCUT2D eigenvalue weighted by molar-refractivity contribution is 0.102. The predicted octanol–water partition coefficient (Wildman–Crippen LogP) is 5.54. The highest BCUT2D eigenvalue weighted by Gasteiger charge is 2.31. The molecule has 1 amide bonds. The molecule has 4 rings (SSSR count). The fraction of sp³-hybridized carbons (Fsp3) is 0.375. The molecule has 0 saturated carbocycles. The van der Waals surface area contributed by atoms with Crippen LogP contribution in [-0.2, 0) is 0 Å². The first-order valence-corrected chi connectivity index (χ1v) is 12.3. The molecule has 1 atom stereocenters. The van der Waals surface area contributed by atoms with E-state index in [1.54, 1.807) is 23.5 Å². The Hall–Kier alpha value is -2.06. The molecule has 1 aliphatic heterocycles. The smallest absolute Gasteiger partial charge is 0.266 e. The molecule has 4 nitrogen and oxygen atoms in total. The molecular weight excluding hydrogens is 429 g/mol. The number of carbonyl (C=O) groups is 1. The number of anilines is 1. The van der Waals surface area contributed by atoms with E-state index in [1.165, 1.54) is 27.8 Å². The number of nitrogens with one attached hydrogen (secondary N) is 1. The maximum atomic E-state index is 14.2. The standard InChI is InChI=1S/C24H28FN3OS2/c1-4-27-10-12-28(13-11-27)22(18-7-5-8-19(25)15-18)21-16(2)17(3)31-24(21)26-23(29)20-9-6-14-30-20/h5-9,14-15,22H,4,10-13H2,1-3H3,(H,26,29). The largest absolute Gasteiger partial charge is 0.313 e. The lowest BCUT2D eigenvalue weighted by atomic mass is 9.94. The van der Waals surface area contributed by atoms with Crippen molar-refractivity contribution in [2.75, 3.05) is 38.0 Å². The van der Waals surface area contributed by atoms with Gasteiger partial charge in [-0.2, -0.15) is 0 Å². The average Bonchev–Trinajstić information content (AvgIpc) is 3.39. The number of hydrogen-bond acceptors (Lipinski definition) is 5. The summed E-state index contributed by atoms with van der Waals surface area (Å²) < 4.78 is 14.2. The van der Waals surface area contributed by atoms with Crippen molar-refractivity contribution in [1.82, 2.24) is 9.80 Å². The van der Waals surface area contributed by atoms with Crippen molar-refractivity contribution in [2.24, 2.45) is 0 Å². The molecule has 0 spiro atoms. The van der Waals surface area contributed by atoms with Crippen LogP contribution in [0.2, 0.25) is 0 Å². The number of hydrogen-bond donors (Lipinski definition) is 1. The number of piperazine rings is 1. The molecule has 164 valence electrons. The first kappa shape index (κ1) is 22.1. The molecule has 0 bridgehead atoms. The zero-order valence-corrected chi connectivity index (χ0v) is 19.8. The van der Waals surface area contributed by atoms with E-state index in [0.29, 0.717) is 4.88 Å². The highest BCUT2D eigenvalue weighted by molar-refractivity contribution is 7.17. The number of halogens is 1. The Bertz CT molecular complexity index is 1040. The number of amides is 1. The van der Waals surface area contributed by atoms with Crippen LogP contribution in [-0.4, -0.2) is 48.4 Å². The second-order valence-corrected chi connectivity index (χ2v) is 10.1. The molecule has 7 heteroatoms. The predicted molar refractivity (Wildman–Crippen MR) is 128 cm³/mol. The number of benzene rings is 1. The molecule has 1 N–H and O–H groups in total. The van der Waals surface area contributed by atoms with Crippen LogP contribution in [0.3, 0.4) is 0 Å². The molecule has 31 heavy (non-hydrogen) atoms. The van der Waals surface area contributed by atoms with Gasteiger partial charge in [-0.15, -0.1) is 22.7 Å². The zero-order valence-electron chi connectivity index (χ0n) is 18.2. The fourth-order valence-corrected chi connectivity index (χ4v) is 5.92. The van der Waals surface area contributed by atoms with E-state index in [9.17, 15) is 9.18 Å². The maximum Gasteiger partial charge on any atom is 0.266 e. The van der Waals surface area contributed by atoms with Crippen LogP contribution in [0, 0.1) is 19.7 Å². The van der Waals surface area contributed by atoms with E-state index >= 15 is 0 Å². The normalized spacial score (nSPS) is 16.4. The summed E-state index contributed by atoms with van der Waals surface area (Å²) in [5.41, 5.74) is 3.18. The van der Waals surface area contributed by atoms with E-state index < -0.39 is 0 Å². The number of carbonyl (C=O) groups excluding carboxylic acids is 1. The van der Waals surface area contributed by atoms with E-state index in [-0.39, 0.29) is 17.8 Å². The van der Waals surface area contributed by atoms with E-state index in [1.807, 2.05) is 23.6 Å². The first-order chi connectivity index (χ1) is 15.0. The quantitative estimate of drug-likeness (QED) is 0.528. The molecule has 1 aromatic carbocycles. The topological polar surface area (TPSA) is 35.6 Å². The highest BCUT2D eigenvalue weighted by atomic mass is 32.1. The van der Waals surface area contributed by atoms with Gasteiger partial charge in [0.15, 0.2) is 0 Å². The van der Waals surface area contributed by atoms with Crippen LogP contribution in [0.4, 0.5) is 9.39 Å². The summed E-state index contributed by atoms with van der Waals surface area (Å²) in [6.45, 7) is 11.2. The van der Waals surface area contributed by atoms with Crippen molar-refractivity contribution in [2.45, 2.75) is 26.8 Å². The lowest BCUT2D eigenvalue weighted by Gasteiger charge is -2.39. The molecule has 0 radical (unpaired) electrons. The van der Waals surface area contributed by atoms with E-state index in [0.717, 1.165) is 48.9 Å². The second kappa shape index (κ2) is 9.61. The Morgan fingerprint density at radius 3 is 2.58 bits per heavy atom. The number of aryl methyl sites for hydroxylation is 1. The Labute approximate surface area is 191 Å². The van der Waals surface area contributed by atoms with Crippen LogP contribution >= 0.6 is 22.7 Å². The third-order valence-corrected chi connectivity index (χ3v) is 8.07. The van der Waals surface area contributed by atoms with Gasteiger partial charge in [0.05, 0.1) is 10.9 Å². The van der Waals surface area contributed by atoms with Gasteiger partial charge in [0.1, 0.15) is 10.8 Å². The van der Waals surface area contributed by atoms with Crippen LogP contribution < -0.4 is 5.32 Å². The molecule has 3 aromatic rings. The molecule has 2 aromatic heterocycles. The van der Waals surface area contributed by atoms with Gasteiger partial charge in [-0.05, 0) is 55.1 Å². The van der Waals surface area contributed by atoms with Gasteiger partial charge >= 0.3 is 0 Å². The van der Waals surface area contributed by atoms with E-state index in [2.05, 4.69) is 35.9 Å². The fourth-order valence-electron chi connectivity index (χ4n) is 4.21. The SMILES string of the molecule is CCN1CCN(C(c2cccc(F)c2)c2c(NC(=O)c3cccs3)sc(C)c2C)CC1. The Morgan fingerprint density at radius 2 is 1.94 bits per heavy atom. The molecule has 1 aliphatic rings. The van der Waals surface area contributed by atoms with Crippen molar-refractivity contribution in [3.63, 3.8) is 0 Å². The van der Waals surface area contributed by atoms with Crippen molar-refractivity contribution < 1.29 is 9.18 Å². The Morgan fingerprint density at radius 1 is 1.16 bits per heavy atom. The lowest BCUT2D eigenvalue weighted by Crippen LogP contribution is -2.47. The number of likely N-dealkylation sites (N-methyl/N-ethyl adjacent to an activating group) is 1. The summed E-state index contributed by atoms with van der Waals surface area (Å²) in [5.74, 6) is -0.324. The third kappa shape index (κ3) is 4.75. The minimum Gasteiger partial charge on any atom is -0.313 e. The zero-order chi connectivity index (χ0) is 22.0. The summed E-state index contributed by atoms with van der Waals surface area (Å²) >= 11 is 3.04. The third-order valence-electron chi connectivity index (χ3n) is 6.06. The molecule has 0 aliphatic carbocycles. The summed E-state index contributed by atoms with van der Waals surface area (Å²) in [6, 6.07) is 10.5. The van der Waals surface area contributed by atoms with Gasteiger partial charge in [0.2, 0.25) is 0 Å². The van der Waals surface area contributed by atoms with Gasteiger partial charge in [-0.1, -0.05) is 25.1 Å². The van der Waals surface area contributed by atoms with E-state index in [4.69, 9.17) is 0 Å². The van der Waals surface area contributed by atoms with Crippen LogP contribution in [0.1, 0.15) is 44.2 Å². The second-order valence-electron chi connectivity index (χ2n) is 7.89. The van der Waals surface area contributed by atoms with Crippen LogP contribution in [0.25, 0.3) is 0 Å². The minimum atomic E-state index is -0.233. The van der Waals surface area contributed by atoms with Gasteiger partial charge < -0.3 is 10.2 Å². The minimum absolute atomic E-state index is 0.0914. The molecule has 1 saturated heterocycles. The summed E-state index contributed by atoms with van der Waals surface area (Å²) in [4.78, 5) is 19.6. The molecular formula is C24H28FN3OS2. The summed E-state index contributed by atoms with van der Waals surface area (Å²) in [6.07, 6.45) is 0. The first-order valence-electron chi connectivity index (χ1n) is 10.6. The highest BCUT2D eigenvalue weighted by Crippen LogP contribution is 2.42. The van der Waals surface area contributed by atoms with Gasteiger partial charge in [-0.25, -0.2) is 4.39 Å². The van der Waals surface area contributed by atoms with Crippen molar-refractivity contribution >= 4 is 33.6 Å². The van der Waals surface area contributed by atoms with Crippen molar-refractivity contribution in [3.8, 4) is 0 Å². The molecule has 1 fully saturated rings. The molecule has 1 unspecified atom stereocenters. The number of nitrogens with zero attached hydrogens (tertiary/aromatic N) is 2.